The summed E-state index contributed by atoms with van der Waals surface area (Å²) in [7, 11) is 0. The van der Waals surface area contributed by atoms with Gasteiger partial charge in [0.05, 0.1) is 25.4 Å². The van der Waals surface area contributed by atoms with Crippen LogP contribution >= 0.6 is 11.8 Å². The summed E-state index contributed by atoms with van der Waals surface area (Å²) in [5.41, 5.74) is 0. The van der Waals surface area contributed by atoms with Crippen LogP contribution in [-0.4, -0.2) is 36.4 Å². The Kier molecular flexibility index (Phi) is 47.1. The molecule has 0 rings (SSSR count). The number of ether oxygens (including phenoxy) is 2. The van der Waals surface area contributed by atoms with Crippen molar-refractivity contribution in [3.05, 3.63) is 0 Å². The minimum atomic E-state index is 0. The standard InChI is InChI=1S/C9H20S.C8H18O2.2C7H16.CH4/c1-8(2)6-5-7-10-9(3)4;1-7(2)9-5-6-10-8(3)4;2*1-4-5-6-7(2)3;/h8-9H,5-7H2,1-4H3;7-8H,5-6H2,1-4H3;2*7H,4-6H2,1-3H3;1H4. The maximum absolute atomic E-state index is 5.27. The first-order chi connectivity index (χ1) is 15.8. The van der Waals surface area contributed by atoms with Crippen molar-refractivity contribution in [2.75, 3.05) is 19.0 Å². The molecule has 0 amide bonds. The molecule has 0 spiro atoms. The van der Waals surface area contributed by atoms with E-state index in [0.29, 0.717) is 25.4 Å². The number of thioether (sulfide) groups is 1. The van der Waals surface area contributed by atoms with Crippen molar-refractivity contribution in [3.63, 3.8) is 0 Å². The SMILES string of the molecule is C.CC(C)CCCSC(C)C.CC(C)OCCOC(C)C.CCCCC(C)C.CCCCC(C)C. The smallest absolute Gasteiger partial charge is 0.0704 e. The van der Waals surface area contributed by atoms with E-state index in [1.165, 1.54) is 57.1 Å². The zero-order valence-electron chi connectivity index (χ0n) is 26.5. The zero-order chi connectivity index (χ0) is 27.4. The minimum absolute atomic E-state index is 0. The van der Waals surface area contributed by atoms with Gasteiger partial charge in [0.2, 0.25) is 0 Å². The Morgan fingerprint density at radius 1 is 0.514 bits per heavy atom. The molecule has 0 aliphatic carbocycles. The van der Waals surface area contributed by atoms with E-state index in [9.17, 15) is 0 Å². The van der Waals surface area contributed by atoms with Crippen molar-refractivity contribution in [2.45, 2.75) is 173 Å². The summed E-state index contributed by atoms with van der Waals surface area (Å²) in [5, 5.41) is 0.812. The van der Waals surface area contributed by atoms with Crippen LogP contribution in [0.5, 0.6) is 0 Å². The molecule has 0 saturated heterocycles. The van der Waals surface area contributed by atoms with Gasteiger partial charge in [0.1, 0.15) is 0 Å². The summed E-state index contributed by atoms with van der Waals surface area (Å²) >= 11 is 2.07. The van der Waals surface area contributed by atoms with Crippen molar-refractivity contribution in [1.29, 1.82) is 0 Å². The Morgan fingerprint density at radius 2 is 0.829 bits per heavy atom. The van der Waals surface area contributed by atoms with Crippen LogP contribution in [0.4, 0.5) is 0 Å². The Bertz CT molecular complexity index is 274. The summed E-state index contributed by atoms with van der Waals surface area (Å²) in [6.45, 7) is 32.2. The van der Waals surface area contributed by atoms with Crippen LogP contribution in [0.25, 0.3) is 0 Å². The Hall–Kier alpha value is 0.270. The summed E-state index contributed by atoms with van der Waals surface area (Å²) in [4.78, 5) is 0. The molecule has 0 saturated carbocycles. The minimum Gasteiger partial charge on any atom is -0.376 e. The highest BCUT2D eigenvalue weighted by atomic mass is 32.2. The molecule has 0 aliphatic heterocycles. The van der Waals surface area contributed by atoms with Crippen LogP contribution < -0.4 is 0 Å². The van der Waals surface area contributed by atoms with Gasteiger partial charge in [0, 0.05) is 0 Å². The van der Waals surface area contributed by atoms with Gasteiger partial charge in [-0.2, -0.15) is 11.8 Å². The molecule has 0 bridgehead atoms. The molecule has 3 heteroatoms. The maximum atomic E-state index is 5.27. The second-order valence-corrected chi connectivity index (χ2v) is 13.1. The average Bonchev–Trinajstić information content (AvgIpc) is 2.72. The molecule has 35 heavy (non-hydrogen) atoms. The summed E-state index contributed by atoms with van der Waals surface area (Å²) in [6.07, 6.45) is 11.7. The molecule has 0 fully saturated rings. The normalized spacial score (nSPS) is 10.6. The van der Waals surface area contributed by atoms with Crippen molar-refractivity contribution in [2.24, 2.45) is 17.8 Å². The van der Waals surface area contributed by atoms with Gasteiger partial charge in [-0.15, -0.1) is 0 Å². The highest BCUT2D eigenvalue weighted by Gasteiger charge is 1.96. The number of hydrogen-bond donors (Lipinski definition) is 0. The van der Waals surface area contributed by atoms with Gasteiger partial charge < -0.3 is 9.47 Å². The lowest BCUT2D eigenvalue weighted by Gasteiger charge is -2.09. The van der Waals surface area contributed by atoms with Crippen molar-refractivity contribution in [1.82, 2.24) is 0 Å². The van der Waals surface area contributed by atoms with E-state index in [1.807, 2.05) is 27.7 Å². The second kappa shape index (κ2) is 36.4. The van der Waals surface area contributed by atoms with Gasteiger partial charge in [0.25, 0.3) is 0 Å². The Labute approximate surface area is 230 Å². The molecule has 2 nitrogen and oxygen atoms in total. The Balaban J connectivity index is -0.000000115. The number of rotatable bonds is 16. The highest BCUT2D eigenvalue weighted by molar-refractivity contribution is 7.99. The van der Waals surface area contributed by atoms with Crippen LogP contribution in [0.3, 0.4) is 0 Å². The molecule has 220 valence electrons. The lowest BCUT2D eigenvalue weighted by molar-refractivity contribution is -0.00108. The first kappa shape index (κ1) is 45.2. The average molecular weight is 523 g/mol. The molecule has 0 heterocycles. The third-order valence-corrected chi connectivity index (χ3v) is 5.82. The maximum Gasteiger partial charge on any atom is 0.0704 e. The van der Waals surface area contributed by atoms with Gasteiger partial charge in [-0.05, 0) is 62.9 Å². The first-order valence-corrected chi connectivity index (χ1v) is 15.7. The van der Waals surface area contributed by atoms with Gasteiger partial charge >= 0.3 is 0 Å². The summed E-state index contributed by atoms with van der Waals surface area (Å²) in [6, 6.07) is 0. The fourth-order valence-corrected chi connectivity index (χ4v) is 3.41. The first-order valence-electron chi connectivity index (χ1n) is 14.6. The molecule has 0 aromatic rings. The third kappa shape index (κ3) is 72.0. The summed E-state index contributed by atoms with van der Waals surface area (Å²) in [5.74, 6) is 4.03. The van der Waals surface area contributed by atoms with Gasteiger partial charge in [0.15, 0.2) is 0 Å². The molecule has 0 aromatic heterocycles. The predicted octanol–water partition coefficient (Wildman–Crippen LogP) is 11.7. The Morgan fingerprint density at radius 3 is 1.03 bits per heavy atom. The van der Waals surface area contributed by atoms with Crippen molar-refractivity contribution in [3.8, 4) is 0 Å². The van der Waals surface area contributed by atoms with Gasteiger partial charge in [-0.25, -0.2) is 0 Å². The highest BCUT2D eigenvalue weighted by Crippen LogP contribution is 2.13. The largest absolute Gasteiger partial charge is 0.376 e. The molecule has 0 unspecified atom stereocenters. The fourth-order valence-electron chi connectivity index (χ4n) is 2.60. The van der Waals surface area contributed by atoms with E-state index < -0.39 is 0 Å². The third-order valence-electron chi connectivity index (χ3n) is 4.63. The van der Waals surface area contributed by atoms with E-state index >= 15 is 0 Å². The van der Waals surface area contributed by atoms with Gasteiger partial charge in [-0.3, -0.25) is 0 Å². The quantitative estimate of drug-likeness (QED) is 0.188. The van der Waals surface area contributed by atoms with E-state index in [1.54, 1.807) is 0 Å². The number of unbranched alkanes of at least 4 members (excludes halogenated alkanes) is 2. The van der Waals surface area contributed by atoms with E-state index in [-0.39, 0.29) is 7.43 Å². The molecular weight excluding hydrogens is 448 g/mol. The van der Waals surface area contributed by atoms with Gasteiger partial charge in [-0.1, -0.05) is 122 Å². The number of hydrogen-bond acceptors (Lipinski definition) is 3. The van der Waals surface area contributed by atoms with Crippen LogP contribution in [0, 0.1) is 17.8 Å². The monoisotopic (exact) mass is 523 g/mol. The second-order valence-electron chi connectivity index (χ2n) is 11.4. The van der Waals surface area contributed by atoms with Crippen LogP contribution in [0.2, 0.25) is 0 Å². The molecule has 0 N–H and O–H groups in total. The molecule has 0 radical (unpaired) electrons. The van der Waals surface area contributed by atoms with Crippen molar-refractivity contribution >= 4 is 11.8 Å². The van der Waals surface area contributed by atoms with Crippen LogP contribution in [0.1, 0.15) is 156 Å². The van der Waals surface area contributed by atoms with Crippen molar-refractivity contribution < 1.29 is 9.47 Å². The van der Waals surface area contributed by atoms with E-state index in [0.717, 1.165) is 23.0 Å². The van der Waals surface area contributed by atoms with Crippen LogP contribution in [-0.2, 0) is 9.47 Å². The summed E-state index contributed by atoms with van der Waals surface area (Å²) < 4.78 is 10.5. The molecule has 0 aromatic carbocycles. The molecular formula is C32H74O2S. The predicted molar refractivity (Wildman–Crippen MR) is 169 cm³/mol. The molecule has 0 aliphatic rings. The molecule has 0 atom stereocenters. The van der Waals surface area contributed by atoms with E-state index in [4.69, 9.17) is 9.47 Å². The van der Waals surface area contributed by atoms with Crippen LogP contribution in [0.15, 0.2) is 0 Å². The zero-order valence-corrected chi connectivity index (χ0v) is 27.3. The lowest BCUT2D eigenvalue weighted by Crippen LogP contribution is -2.12. The topological polar surface area (TPSA) is 18.5 Å². The van der Waals surface area contributed by atoms with E-state index in [2.05, 4.69) is 81.0 Å². The fraction of sp³-hybridized carbons (Fsp3) is 1.00. The lowest BCUT2D eigenvalue weighted by atomic mass is 10.1.